The summed E-state index contributed by atoms with van der Waals surface area (Å²) in [5.74, 6) is 1.81. The first-order valence-corrected chi connectivity index (χ1v) is 9.88. The summed E-state index contributed by atoms with van der Waals surface area (Å²) in [5, 5.41) is 10.0. The van der Waals surface area contributed by atoms with Gasteiger partial charge in [0.15, 0.2) is 0 Å². The predicted octanol–water partition coefficient (Wildman–Crippen LogP) is 3.30. The molecular weight excluding hydrogens is 348 g/mol. The van der Waals surface area contributed by atoms with E-state index < -0.39 is 0 Å². The van der Waals surface area contributed by atoms with Crippen molar-refractivity contribution in [2.75, 3.05) is 25.5 Å². The van der Waals surface area contributed by atoms with Gasteiger partial charge in [0.2, 0.25) is 0 Å². The third-order valence-electron chi connectivity index (χ3n) is 6.01. The number of benzene rings is 1. The fourth-order valence-electron chi connectivity index (χ4n) is 4.73. The van der Waals surface area contributed by atoms with E-state index in [0.717, 1.165) is 46.6 Å². The van der Waals surface area contributed by atoms with E-state index in [1.165, 1.54) is 12.8 Å². The summed E-state index contributed by atoms with van der Waals surface area (Å²) < 4.78 is 1.83. The number of likely N-dealkylation sites (N-methyl/N-ethyl adjacent to an activating group) is 1. The number of aromatic nitrogens is 3. The number of aryl methyl sites for hydroxylation is 1. The van der Waals surface area contributed by atoms with Crippen molar-refractivity contribution in [1.82, 2.24) is 24.6 Å². The molecule has 28 heavy (non-hydrogen) atoms. The summed E-state index contributed by atoms with van der Waals surface area (Å²) in [4.78, 5) is 9.51. The monoisotopic (exact) mass is 374 g/mol. The van der Waals surface area contributed by atoms with Crippen molar-refractivity contribution in [2.45, 2.75) is 24.9 Å². The van der Waals surface area contributed by atoms with Crippen molar-refractivity contribution in [1.29, 1.82) is 0 Å². The van der Waals surface area contributed by atoms with E-state index in [2.05, 4.69) is 63.1 Å². The van der Waals surface area contributed by atoms with E-state index in [-0.39, 0.29) is 0 Å². The molecule has 3 aromatic rings. The molecule has 144 valence electrons. The molecule has 0 aliphatic carbocycles. The zero-order valence-corrected chi connectivity index (χ0v) is 16.5. The van der Waals surface area contributed by atoms with Crippen LogP contribution in [-0.4, -0.2) is 56.8 Å². The van der Waals surface area contributed by atoms with Crippen molar-refractivity contribution in [3.8, 4) is 11.1 Å². The maximum absolute atomic E-state index is 4.61. The van der Waals surface area contributed by atoms with Gasteiger partial charge in [-0.1, -0.05) is 18.7 Å². The Bertz CT molecular complexity index is 1020. The third kappa shape index (κ3) is 3.03. The van der Waals surface area contributed by atoms with Crippen LogP contribution in [0.2, 0.25) is 0 Å². The molecule has 2 fully saturated rings. The van der Waals surface area contributed by atoms with Gasteiger partial charge in [-0.05, 0) is 43.0 Å². The number of hydrogen-bond donors (Lipinski definition) is 1. The zero-order valence-electron chi connectivity index (χ0n) is 16.5. The maximum atomic E-state index is 4.61. The standard InChI is InChI=1S/C22H26N6/c1-15(28-20-6-7-21(28)14-26(2)13-20)25-22-9-18-8-16(4-5-17(18)10-23-22)19-11-24-27(3)12-19/h4-5,8-12,20-21H,1,6-7,13-14H2,2-3H3,(H,23,25). The first kappa shape index (κ1) is 17.3. The number of nitrogens with one attached hydrogen (secondary N) is 1. The molecule has 2 saturated heterocycles. The Hall–Kier alpha value is -2.86. The Morgan fingerprint density at radius 3 is 2.54 bits per heavy atom. The summed E-state index contributed by atoms with van der Waals surface area (Å²) in [6.07, 6.45) is 8.35. The van der Waals surface area contributed by atoms with E-state index >= 15 is 0 Å². The average molecular weight is 374 g/mol. The topological polar surface area (TPSA) is 49.2 Å². The lowest BCUT2D eigenvalue weighted by molar-refractivity contribution is 0.116. The van der Waals surface area contributed by atoms with Crippen LogP contribution in [0, 0.1) is 0 Å². The molecule has 6 nitrogen and oxygen atoms in total. The third-order valence-corrected chi connectivity index (χ3v) is 6.01. The first-order chi connectivity index (χ1) is 13.6. The largest absolute Gasteiger partial charge is 0.350 e. The summed E-state index contributed by atoms with van der Waals surface area (Å²) in [6, 6.07) is 9.65. The van der Waals surface area contributed by atoms with Crippen LogP contribution in [-0.2, 0) is 7.05 Å². The van der Waals surface area contributed by atoms with E-state index in [9.17, 15) is 0 Å². The second-order valence-electron chi connectivity index (χ2n) is 8.12. The van der Waals surface area contributed by atoms with Gasteiger partial charge in [0.25, 0.3) is 0 Å². The highest BCUT2D eigenvalue weighted by molar-refractivity contribution is 5.88. The van der Waals surface area contributed by atoms with Crippen LogP contribution in [0.1, 0.15) is 12.8 Å². The highest BCUT2D eigenvalue weighted by Crippen LogP contribution is 2.33. The quantitative estimate of drug-likeness (QED) is 0.759. The molecule has 2 bridgehead atoms. The molecule has 0 spiro atoms. The number of piperazine rings is 1. The van der Waals surface area contributed by atoms with E-state index in [0.29, 0.717) is 12.1 Å². The van der Waals surface area contributed by atoms with E-state index in [1.54, 1.807) is 0 Å². The number of likely N-dealkylation sites (tertiary alicyclic amines) is 1. The molecule has 5 rings (SSSR count). The normalized spacial score (nSPS) is 22.0. The Labute approximate surface area is 165 Å². The number of nitrogens with zero attached hydrogens (tertiary/aromatic N) is 5. The first-order valence-electron chi connectivity index (χ1n) is 9.88. The minimum absolute atomic E-state index is 0.557. The van der Waals surface area contributed by atoms with Crippen LogP contribution < -0.4 is 5.32 Å². The van der Waals surface area contributed by atoms with Crippen LogP contribution in [0.4, 0.5) is 5.82 Å². The molecule has 2 atom stereocenters. The van der Waals surface area contributed by atoms with E-state index in [4.69, 9.17) is 0 Å². The van der Waals surface area contributed by atoms with Gasteiger partial charge in [0, 0.05) is 55.6 Å². The van der Waals surface area contributed by atoms with Crippen molar-refractivity contribution in [2.24, 2.45) is 7.05 Å². The van der Waals surface area contributed by atoms with Crippen LogP contribution in [0.3, 0.4) is 0 Å². The Morgan fingerprint density at radius 2 is 1.82 bits per heavy atom. The van der Waals surface area contributed by atoms with Crippen molar-refractivity contribution < 1.29 is 0 Å². The molecule has 6 heteroatoms. The van der Waals surface area contributed by atoms with Crippen molar-refractivity contribution in [3.05, 3.63) is 55.3 Å². The Kier molecular flexibility index (Phi) is 4.09. The summed E-state index contributed by atoms with van der Waals surface area (Å²) in [7, 11) is 4.15. The number of fused-ring (bicyclic) bond motifs is 3. The molecule has 0 saturated carbocycles. The second-order valence-corrected chi connectivity index (χ2v) is 8.12. The Balaban J connectivity index is 1.39. The maximum Gasteiger partial charge on any atom is 0.131 e. The van der Waals surface area contributed by atoms with Crippen molar-refractivity contribution in [3.63, 3.8) is 0 Å². The lowest BCUT2D eigenvalue weighted by Gasteiger charge is -2.41. The van der Waals surface area contributed by atoms with Gasteiger partial charge in [-0.15, -0.1) is 0 Å². The van der Waals surface area contributed by atoms with E-state index in [1.807, 2.05) is 30.3 Å². The van der Waals surface area contributed by atoms with Crippen LogP contribution in [0.25, 0.3) is 21.9 Å². The fourth-order valence-corrected chi connectivity index (χ4v) is 4.73. The molecule has 1 N–H and O–H groups in total. The van der Waals surface area contributed by atoms with Crippen LogP contribution in [0.5, 0.6) is 0 Å². The molecular formula is C22H26N6. The highest BCUT2D eigenvalue weighted by atomic mass is 15.4. The van der Waals surface area contributed by atoms with Crippen LogP contribution in [0.15, 0.2) is 55.3 Å². The molecule has 0 amide bonds. The van der Waals surface area contributed by atoms with Gasteiger partial charge in [0.05, 0.1) is 6.20 Å². The van der Waals surface area contributed by atoms with Gasteiger partial charge in [0.1, 0.15) is 11.6 Å². The molecule has 0 radical (unpaired) electrons. The fraction of sp³-hybridized carbons (Fsp3) is 0.364. The summed E-state index contributed by atoms with van der Waals surface area (Å²) in [6.45, 7) is 6.55. The summed E-state index contributed by atoms with van der Waals surface area (Å²) in [5.41, 5.74) is 2.28. The van der Waals surface area contributed by atoms with Gasteiger partial charge in [-0.3, -0.25) is 4.68 Å². The molecule has 4 heterocycles. The minimum Gasteiger partial charge on any atom is -0.350 e. The smallest absolute Gasteiger partial charge is 0.131 e. The van der Waals surface area contributed by atoms with Crippen molar-refractivity contribution >= 4 is 16.6 Å². The molecule has 1 aromatic carbocycles. The number of anilines is 1. The number of hydrogen-bond acceptors (Lipinski definition) is 5. The molecule has 2 unspecified atom stereocenters. The lowest BCUT2D eigenvalue weighted by atomic mass is 10.1. The molecule has 2 aliphatic rings. The molecule has 2 aliphatic heterocycles. The van der Waals surface area contributed by atoms with Gasteiger partial charge in [-0.25, -0.2) is 4.98 Å². The summed E-state index contributed by atoms with van der Waals surface area (Å²) >= 11 is 0. The molecule has 2 aromatic heterocycles. The second kappa shape index (κ2) is 6.63. The minimum atomic E-state index is 0.557. The zero-order chi connectivity index (χ0) is 19.3. The van der Waals surface area contributed by atoms with Crippen LogP contribution >= 0.6 is 0 Å². The average Bonchev–Trinajstić information content (AvgIpc) is 3.22. The number of rotatable bonds is 4. The lowest BCUT2D eigenvalue weighted by Crippen LogP contribution is -2.52. The SMILES string of the molecule is C=C(Nc1cc2cc(-c3cnn(C)c3)ccc2cn1)N1C2CCC1CN(C)C2. The predicted molar refractivity (Wildman–Crippen MR) is 113 cm³/mol. The highest BCUT2D eigenvalue weighted by Gasteiger charge is 2.39. The number of pyridine rings is 1. The van der Waals surface area contributed by atoms with Gasteiger partial charge in [-0.2, -0.15) is 5.10 Å². The van der Waals surface area contributed by atoms with Gasteiger partial charge < -0.3 is 15.1 Å². The van der Waals surface area contributed by atoms with Gasteiger partial charge >= 0.3 is 0 Å². The Morgan fingerprint density at radius 1 is 1.04 bits per heavy atom.